The third-order valence-corrected chi connectivity index (χ3v) is 3.66. The number of pyridine rings is 1. The first-order valence-corrected chi connectivity index (χ1v) is 6.61. The van der Waals surface area contributed by atoms with E-state index in [4.69, 9.17) is 5.73 Å². The lowest BCUT2D eigenvalue weighted by Crippen LogP contribution is -2.10. The SMILES string of the molecule is Nc1ccc2c(c1)CCC2Nc1ccc(C(F)(F)F)cn1. The van der Waals surface area contributed by atoms with Gasteiger partial charge in [-0.2, -0.15) is 13.2 Å². The molecule has 3 nitrogen and oxygen atoms in total. The topological polar surface area (TPSA) is 50.9 Å². The van der Waals surface area contributed by atoms with Gasteiger partial charge in [-0.25, -0.2) is 4.98 Å². The maximum atomic E-state index is 12.5. The van der Waals surface area contributed by atoms with Gasteiger partial charge in [0, 0.05) is 11.9 Å². The van der Waals surface area contributed by atoms with Gasteiger partial charge in [0.1, 0.15) is 5.82 Å². The lowest BCUT2D eigenvalue weighted by atomic mass is 10.1. The average molecular weight is 293 g/mol. The van der Waals surface area contributed by atoms with Crippen molar-refractivity contribution >= 4 is 11.5 Å². The van der Waals surface area contributed by atoms with Crippen LogP contribution in [0.1, 0.15) is 29.2 Å². The number of aryl methyl sites for hydroxylation is 1. The molecule has 0 radical (unpaired) electrons. The van der Waals surface area contributed by atoms with Crippen molar-refractivity contribution in [1.29, 1.82) is 0 Å². The number of hydrogen-bond acceptors (Lipinski definition) is 3. The van der Waals surface area contributed by atoms with Gasteiger partial charge in [0.05, 0.1) is 11.6 Å². The van der Waals surface area contributed by atoms with E-state index in [0.29, 0.717) is 5.82 Å². The zero-order valence-electron chi connectivity index (χ0n) is 11.1. The Morgan fingerprint density at radius 1 is 1.19 bits per heavy atom. The van der Waals surface area contributed by atoms with Crippen LogP contribution in [0.15, 0.2) is 36.5 Å². The molecule has 2 aromatic rings. The smallest absolute Gasteiger partial charge is 0.399 e. The Labute approximate surface area is 120 Å². The van der Waals surface area contributed by atoms with Crippen LogP contribution in [0, 0.1) is 0 Å². The maximum Gasteiger partial charge on any atom is 0.417 e. The van der Waals surface area contributed by atoms with Crippen LogP contribution in [0.25, 0.3) is 0 Å². The molecule has 1 aliphatic rings. The largest absolute Gasteiger partial charge is 0.417 e. The summed E-state index contributed by atoms with van der Waals surface area (Å²) in [4.78, 5) is 3.84. The standard InChI is InChI=1S/C15H14F3N3/c16-15(17,18)10-2-6-14(20-8-10)21-13-5-1-9-7-11(19)3-4-12(9)13/h2-4,6-8,13H,1,5,19H2,(H,20,21). The summed E-state index contributed by atoms with van der Waals surface area (Å²) in [6.07, 6.45) is -1.73. The van der Waals surface area contributed by atoms with E-state index >= 15 is 0 Å². The molecule has 0 saturated heterocycles. The molecule has 1 aromatic carbocycles. The van der Waals surface area contributed by atoms with Crippen molar-refractivity contribution in [2.24, 2.45) is 0 Å². The molecule has 1 aliphatic carbocycles. The first-order valence-electron chi connectivity index (χ1n) is 6.61. The molecule has 0 spiro atoms. The summed E-state index contributed by atoms with van der Waals surface area (Å²) in [6, 6.07) is 8.19. The van der Waals surface area contributed by atoms with Crippen molar-refractivity contribution < 1.29 is 13.2 Å². The van der Waals surface area contributed by atoms with Gasteiger partial charge in [-0.3, -0.25) is 0 Å². The van der Waals surface area contributed by atoms with E-state index in [1.165, 1.54) is 11.6 Å². The predicted molar refractivity (Wildman–Crippen MR) is 74.8 cm³/mol. The van der Waals surface area contributed by atoms with Crippen LogP contribution in [-0.4, -0.2) is 4.98 Å². The van der Waals surface area contributed by atoms with Crippen LogP contribution in [0.4, 0.5) is 24.7 Å². The summed E-state index contributed by atoms with van der Waals surface area (Å²) in [5.74, 6) is 0.442. The lowest BCUT2D eigenvalue weighted by molar-refractivity contribution is -0.137. The quantitative estimate of drug-likeness (QED) is 0.828. The van der Waals surface area contributed by atoms with Gasteiger partial charge in [0.15, 0.2) is 0 Å². The maximum absolute atomic E-state index is 12.5. The van der Waals surface area contributed by atoms with E-state index in [2.05, 4.69) is 10.3 Å². The number of nitrogens with one attached hydrogen (secondary N) is 1. The minimum absolute atomic E-state index is 0.0600. The highest BCUT2D eigenvalue weighted by molar-refractivity contribution is 5.50. The minimum atomic E-state index is -4.36. The van der Waals surface area contributed by atoms with E-state index in [1.807, 2.05) is 18.2 Å². The summed E-state index contributed by atoms with van der Waals surface area (Å²) < 4.78 is 37.5. The van der Waals surface area contributed by atoms with Crippen molar-refractivity contribution in [3.8, 4) is 0 Å². The number of halogens is 3. The van der Waals surface area contributed by atoms with Crippen molar-refractivity contribution in [2.75, 3.05) is 11.1 Å². The number of aromatic nitrogens is 1. The summed E-state index contributed by atoms with van der Waals surface area (Å²) in [6.45, 7) is 0. The Morgan fingerprint density at radius 2 is 2.00 bits per heavy atom. The highest BCUT2D eigenvalue weighted by Crippen LogP contribution is 2.35. The molecular formula is C15H14F3N3. The van der Waals surface area contributed by atoms with Crippen LogP contribution in [0.3, 0.4) is 0 Å². The molecular weight excluding hydrogens is 279 g/mol. The summed E-state index contributed by atoms with van der Waals surface area (Å²) in [5.41, 5.74) is 8.04. The number of anilines is 2. The van der Waals surface area contributed by atoms with E-state index in [9.17, 15) is 13.2 Å². The normalized spacial score (nSPS) is 17.6. The third kappa shape index (κ3) is 2.79. The van der Waals surface area contributed by atoms with Crippen molar-refractivity contribution in [3.63, 3.8) is 0 Å². The molecule has 1 atom stereocenters. The van der Waals surface area contributed by atoms with Crippen LogP contribution in [-0.2, 0) is 12.6 Å². The van der Waals surface area contributed by atoms with Gasteiger partial charge in [-0.1, -0.05) is 6.07 Å². The van der Waals surface area contributed by atoms with Crippen molar-refractivity contribution in [2.45, 2.75) is 25.1 Å². The lowest BCUT2D eigenvalue weighted by Gasteiger charge is -2.15. The summed E-state index contributed by atoms with van der Waals surface area (Å²) in [5, 5.41) is 3.18. The minimum Gasteiger partial charge on any atom is -0.399 e. The van der Waals surface area contributed by atoms with E-state index in [1.54, 1.807) is 0 Å². The van der Waals surface area contributed by atoms with E-state index < -0.39 is 11.7 Å². The molecule has 0 bridgehead atoms. The first kappa shape index (κ1) is 13.7. The Kier molecular flexibility index (Phi) is 3.23. The van der Waals surface area contributed by atoms with Crippen LogP contribution < -0.4 is 11.1 Å². The number of nitrogens with two attached hydrogens (primary N) is 1. The van der Waals surface area contributed by atoms with Crippen LogP contribution in [0.5, 0.6) is 0 Å². The second kappa shape index (κ2) is 4.95. The number of rotatable bonds is 2. The molecule has 6 heteroatoms. The Morgan fingerprint density at radius 3 is 2.67 bits per heavy atom. The van der Waals surface area contributed by atoms with Gasteiger partial charge < -0.3 is 11.1 Å². The molecule has 110 valence electrons. The fraction of sp³-hybridized carbons (Fsp3) is 0.267. The van der Waals surface area contributed by atoms with Crippen LogP contribution in [0.2, 0.25) is 0 Å². The second-order valence-corrected chi connectivity index (χ2v) is 5.12. The number of hydrogen-bond donors (Lipinski definition) is 2. The highest BCUT2D eigenvalue weighted by atomic mass is 19.4. The number of fused-ring (bicyclic) bond motifs is 1. The Bertz CT molecular complexity index is 650. The fourth-order valence-corrected chi connectivity index (χ4v) is 2.61. The van der Waals surface area contributed by atoms with Gasteiger partial charge in [-0.15, -0.1) is 0 Å². The van der Waals surface area contributed by atoms with Crippen molar-refractivity contribution in [3.05, 3.63) is 53.2 Å². The zero-order chi connectivity index (χ0) is 15.0. The molecule has 0 aliphatic heterocycles. The van der Waals surface area contributed by atoms with Gasteiger partial charge >= 0.3 is 6.18 Å². The molecule has 1 unspecified atom stereocenters. The van der Waals surface area contributed by atoms with Crippen molar-refractivity contribution in [1.82, 2.24) is 4.98 Å². The third-order valence-electron chi connectivity index (χ3n) is 3.66. The molecule has 3 rings (SSSR count). The number of nitrogen functional groups attached to an aromatic ring is 1. The molecule has 1 aromatic heterocycles. The second-order valence-electron chi connectivity index (χ2n) is 5.12. The first-order chi connectivity index (χ1) is 9.93. The molecule has 21 heavy (non-hydrogen) atoms. The Balaban J connectivity index is 1.77. The van der Waals surface area contributed by atoms with Crippen LogP contribution >= 0.6 is 0 Å². The number of nitrogens with zero attached hydrogens (tertiary/aromatic N) is 1. The monoisotopic (exact) mass is 293 g/mol. The Hall–Kier alpha value is -2.24. The van der Waals surface area contributed by atoms with E-state index in [-0.39, 0.29) is 6.04 Å². The van der Waals surface area contributed by atoms with Gasteiger partial charge in [0.25, 0.3) is 0 Å². The number of alkyl halides is 3. The molecule has 0 fully saturated rings. The van der Waals surface area contributed by atoms with Gasteiger partial charge in [0.2, 0.25) is 0 Å². The predicted octanol–water partition coefficient (Wildman–Crippen LogP) is 3.78. The van der Waals surface area contributed by atoms with Gasteiger partial charge in [-0.05, 0) is 48.2 Å². The molecule has 0 saturated carbocycles. The highest BCUT2D eigenvalue weighted by Gasteiger charge is 2.31. The molecule has 3 N–H and O–H groups in total. The summed E-state index contributed by atoms with van der Waals surface area (Å²) >= 11 is 0. The molecule has 0 amide bonds. The fourth-order valence-electron chi connectivity index (χ4n) is 2.61. The van der Waals surface area contributed by atoms with E-state index in [0.717, 1.165) is 36.4 Å². The summed E-state index contributed by atoms with van der Waals surface area (Å²) in [7, 11) is 0. The molecule has 1 heterocycles. The average Bonchev–Trinajstić information content (AvgIpc) is 2.80. The number of benzene rings is 1. The zero-order valence-corrected chi connectivity index (χ0v) is 11.1.